The zero-order valence-electron chi connectivity index (χ0n) is 19.7. The lowest BCUT2D eigenvalue weighted by Gasteiger charge is -2.43. The summed E-state index contributed by atoms with van der Waals surface area (Å²) in [5, 5.41) is 5.73. The Labute approximate surface area is 184 Å². The maximum absolute atomic E-state index is 13.3. The number of nitrogens with one attached hydrogen (secondary N) is 2. The minimum Gasteiger partial charge on any atom is -0.495 e. The van der Waals surface area contributed by atoms with E-state index >= 15 is 0 Å². The molecule has 2 N–H and O–H groups in total. The second kappa shape index (κ2) is 7.84. The Morgan fingerprint density at radius 2 is 1.94 bits per heavy atom. The average molecular weight is 430 g/mol. The van der Waals surface area contributed by atoms with E-state index in [-0.39, 0.29) is 23.3 Å². The summed E-state index contributed by atoms with van der Waals surface area (Å²) in [6, 6.07) is 5.14. The molecule has 2 atom stereocenters. The van der Waals surface area contributed by atoms with Crippen LogP contribution >= 0.6 is 0 Å². The van der Waals surface area contributed by atoms with E-state index in [0.29, 0.717) is 30.2 Å². The molecule has 0 unspecified atom stereocenters. The van der Waals surface area contributed by atoms with Gasteiger partial charge in [0.25, 0.3) is 5.91 Å². The van der Waals surface area contributed by atoms with Crippen LogP contribution in [0.4, 0.5) is 10.5 Å². The van der Waals surface area contributed by atoms with E-state index in [1.165, 1.54) is 7.11 Å². The molecule has 1 saturated heterocycles. The summed E-state index contributed by atoms with van der Waals surface area (Å²) < 4.78 is 5.38. The number of benzene rings is 1. The molecule has 1 aromatic carbocycles. The summed E-state index contributed by atoms with van der Waals surface area (Å²) in [5.74, 6) is 0.0970. The van der Waals surface area contributed by atoms with Crippen LogP contribution in [0.2, 0.25) is 0 Å². The van der Waals surface area contributed by atoms with Gasteiger partial charge in [0.2, 0.25) is 5.91 Å². The molecule has 0 radical (unpaired) electrons. The van der Waals surface area contributed by atoms with Crippen molar-refractivity contribution in [2.75, 3.05) is 19.0 Å². The van der Waals surface area contributed by atoms with Crippen molar-refractivity contribution in [3.8, 4) is 5.75 Å². The Kier molecular flexibility index (Phi) is 5.84. The highest BCUT2D eigenvalue weighted by molar-refractivity contribution is 6.10. The first-order valence-electron chi connectivity index (χ1n) is 10.9. The number of hydrogen-bond acceptors (Lipinski definition) is 4. The Morgan fingerprint density at radius 3 is 2.52 bits per heavy atom. The van der Waals surface area contributed by atoms with Crippen molar-refractivity contribution in [1.82, 2.24) is 10.2 Å². The standard InChI is InChI=1S/C24H35N3O4/c1-15-11-23(5,6)14-24(12-15)20(29)27(21(30)26-24)13-19(28)25-17-10-16(22(2,3)4)8-9-18(17)31-7/h8-10,15H,11-14H2,1-7H3,(H,25,28)(H,26,30)/t15-,24+/m1/s1. The van der Waals surface area contributed by atoms with Gasteiger partial charge in [0.15, 0.2) is 0 Å². The number of carbonyl (C=O) groups excluding carboxylic acids is 3. The van der Waals surface area contributed by atoms with E-state index in [0.717, 1.165) is 16.9 Å². The number of hydrogen-bond donors (Lipinski definition) is 2. The second-order valence-electron chi connectivity index (χ2n) is 11.0. The summed E-state index contributed by atoms with van der Waals surface area (Å²) >= 11 is 0. The summed E-state index contributed by atoms with van der Waals surface area (Å²) in [6.07, 6.45) is 2.18. The van der Waals surface area contributed by atoms with Crippen LogP contribution in [0.3, 0.4) is 0 Å². The van der Waals surface area contributed by atoms with Gasteiger partial charge in [-0.1, -0.05) is 47.6 Å². The van der Waals surface area contributed by atoms with Gasteiger partial charge >= 0.3 is 6.03 Å². The van der Waals surface area contributed by atoms with Gasteiger partial charge in [-0.2, -0.15) is 0 Å². The number of imide groups is 1. The first-order chi connectivity index (χ1) is 14.3. The molecule has 2 fully saturated rings. The highest BCUT2D eigenvalue weighted by Gasteiger charge is 2.56. The summed E-state index contributed by atoms with van der Waals surface area (Å²) in [5.41, 5.74) is 0.486. The normalized spacial score (nSPS) is 25.5. The Bertz CT molecular complexity index is 903. The zero-order chi connectivity index (χ0) is 23.2. The Balaban J connectivity index is 1.77. The smallest absolute Gasteiger partial charge is 0.325 e. The minimum absolute atomic E-state index is 0.0559. The molecule has 4 amide bonds. The average Bonchev–Trinajstić information content (AvgIpc) is 2.82. The maximum atomic E-state index is 13.3. The predicted molar refractivity (Wildman–Crippen MR) is 120 cm³/mol. The highest BCUT2D eigenvalue weighted by atomic mass is 16.5. The van der Waals surface area contributed by atoms with Gasteiger partial charge < -0.3 is 15.4 Å². The third-order valence-corrected chi connectivity index (χ3v) is 6.27. The van der Waals surface area contributed by atoms with E-state index in [2.05, 4.69) is 52.2 Å². The third kappa shape index (κ3) is 4.70. The molecule has 7 nitrogen and oxygen atoms in total. The third-order valence-electron chi connectivity index (χ3n) is 6.27. The van der Waals surface area contributed by atoms with Crippen molar-refractivity contribution in [2.45, 2.75) is 71.8 Å². The van der Waals surface area contributed by atoms with Gasteiger partial charge in [-0.05, 0) is 53.7 Å². The molecule has 7 heteroatoms. The van der Waals surface area contributed by atoms with Crippen LogP contribution in [0.25, 0.3) is 0 Å². The molecule has 3 rings (SSSR count). The first-order valence-corrected chi connectivity index (χ1v) is 10.9. The Hall–Kier alpha value is -2.57. The lowest BCUT2D eigenvalue weighted by atomic mass is 9.64. The molecule has 0 bridgehead atoms. The number of anilines is 1. The fraction of sp³-hybridized carbons (Fsp3) is 0.625. The van der Waals surface area contributed by atoms with Gasteiger partial charge in [-0.25, -0.2) is 4.79 Å². The number of rotatable bonds is 4. The van der Waals surface area contributed by atoms with Gasteiger partial charge in [-0.3, -0.25) is 14.5 Å². The van der Waals surface area contributed by atoms with Crippen LogP contribution in [-0.4, -0.2) is 41.9 Å². The van der Waals surface area contributed by atoms with Crippen molar-refractivity contribution < 1.29 is 19.1 Å². The van der Waals surface area contributed by atoms with Crippen molar-refractivity contribution in [1.29, 1.82) is 0 Å². The van der Waals surface area contributed by atoms with Gasteiger partial charge in [0.05, 0.1) is 12.8 Å². The Morgan fingerprint density at radius 1 is 1.26 bits per heavy atom. The van der Waals surface area contributed by atoms with Crippen LogP contribution in [0, 0.1) is 11.3 Å². The van der Waals surface area contributed by atoms with Gasteiger partial charge in [-0.15, -0.1) is 0 Å². The molecule has 1 heterocycles. The molecule has 1 aromatic rings. The number of amides is 4. The van der Waals surface area contributed by atoms with E-state index in [1.807, 2.05) is 18.2 Å². The molecule has 1 saturated carbocycles. The number of carbonyl (C=O) groups is 3. The molecule has 31 heavy (non-hydrogen) atoms. The monoisotopic (exact) mass is 429 g/mol. The van der Waals surface area contributed by atoms with Crippen LogP contribution in [0.5, 0.6) is 5.75 Å². The molecular weight excluding hydrogens is 394 g/mol. The maximum Gasteiger partial charge on any atom is 0.325 e. The van der Waals surface area contributed by atoms with Crippen molar-refractivity contribution in [3.05, 3.63) is 23.8 Å². The van der Waals surface area contributed by atoms with Crippen molar-refractivity contribution in [2.24, 2.45) is 11.3 Å². The fourth-order valence-electron chi connectivity index (χ4n) is 5.26. The fourth-order valence-corrected chi connectivity index (χ4v) is 5.26. The van der Waals surface area contributed by atoms with Gasteiger partial charge in [0.1, 0.15) is 17.8 Å². The highest BCUT2D eigenvalue weighted by Crippen LogP contribution is 2.46. The second-order valence-corrected chi connectivity index (χ2v) is 11.0. The molecule has 2 aliphatic rings. The van der Waals surface area contributed by atoms with Crippen LogP contribution in [-0.2, 0) is 15.0 Å². The van der Waals surface area contributed by atoms with Crippen LogP contribution in [0.15, 0.2) is 18.2 Å². The van der Waals surface area contributed by atoms with E-state index in [4.69, 9.17) is 4.74 Å². The number of nitrogens with zero attached hydrogens (tertiary/aromatic N) is 1. The van der Waals surface area contributed by atoms with Crippen LogP contribution < -0.4 is 15.4 Å². The molecule has 1 aliphatic heterocycles. The zero-order valence-corrected chi connectivity index (χ0v) is 19.7. The number of urea groups is 1. The number of ether oxygens (including phenoxy) is 1. The number of methoxy groups -OCH3 is 1. The topological polar surface area (TPSA) is 87.7 Å². The molecule has 1 spiro atoms. The van der Waals surface area contributed by atoms with Crippen molar-refractivity contribution >= 4 is 23.5 Å². The molecule has 1 aliphatic carbocycles. The quantitative estimate of drug-likeness (QED) is 0.707. The summed E-state index contributed by atoms with van der Waals surface area (Å²) in [6.45, 7) is 12.3. The molecule has 0 aromatic heterocycles. The van der Waals surface area contributed by atoms with Gasteiger partial charge in [0, 0.05) is 0 Å². The van der Waals surface area contributed by atoms with E-state index in [9.17, 15) is 14.4 Å². The largest absolute Gasteiger partial charge is 0.495 e. The first kappa shape index (κ1) is 23.1. The molecular formula is C24H35N3O4. The SMILES string of the molecule is COc1ccc(C(C)(C)C)cc1NC(=O)CN1C(=O)N[C@]2(C[C@H](C)CC(C)(C)C2)C1=O. The minimum atomic E-state index is -0.914. The van der Waals surface area contributed by atoms with E-state index in [1.54, 1.807) is 0 Å². The van der Waals surface area contributed by atoms with Crippen LogP contribution in [0.1, 0.15) is 66.4 Å². The lowest BCUT2D eigenvalue weighted by molar-refractivity contribution is -0.136. The predicted octanol–water partition coefficient (Wildman–Crippen LogP) is 4.07. The molecule has 170 valence electrons. The van der Waals surface area contributed by atoms with Crippen molar-refractivity contribution in [3.63, 3.8) is 0 Å². The summed E-state index contributed by atoms with van der Waals surface area (Å²) in [4.78, 5) is 39.8. The lowest BCUT2D eigenvalue weighted by Crippen LogP contribution is -2.54. The van der Waals surface area contributed by atoms with E-state index < -0.39 is 17.5 Å². The summed E-state index contributed by atoms with van der Waals surface area (Å²) in [7, 11) is 1.54.